The second-order valence-electron chi connectivity index (χ2n) is 7.00. The lowest BCUT2D eigenvalue weighted by Gasteiger charge is -2.27. The van der Waals surface area contributed by atoms with Crippen LogP contribution in [0.15, 0.2) is 29.2 Å². The Morgan fingerprint density at radius 3 is 2.66 bits per heavy atom. The fourth-order valence-electron chi connectivity index (χ4n) is 3.66. The van der Waals surface area contributed by atoms with Crippen LogP contribution in [0, 0.1) is 0 Å². The van der Waals surface area contributed by atoms with Crippen molar-refractivity contribution in [1.29, 1.82) is 0 Å². The molecule has 29 heavy (non-hydrogen) atoms. The molecule has 1 aromatic carbocycles. The van der Waals surface area contributed by atoms with Gasteiger partial charge in [-0.25, -0.2) is 12.7 Å². The quantitative estimate of drug-likeness (QED) is 0.655. The summed E-state index contributed by atoms with van der Waals surface area (Å²) in [5.74, 6) is 1.88. The summed E-state index contributed by atoms with van der Waals surface area (Å²) in [5, 5.41) is 0. The van der Waals surface area contributed by atoms with E-state index in [9.17, 15) is 22.8 Å². The number of amides is 3. The van der Waals surface area contributed by atoms with E-state index in [1.165, 1.54) is 12.1 Å². The molecule has 2 fully saturated rings. The molecule has 1 atom stereocenters. The van der Waals surface area contributed by atoms with Crippen LogP contribution >= 0.6 is 23.5 Å². The molecule has 8 nitrogen and oxygen atoms in total. The fourth-order valence-corrected chi connectivity index (χ4v) is 7.40. The summed E-state index contributed by atoms with van der Waals surface area (Å²) in [5.41, 5.74) is 0.170. The molecule has 1 aromatic rings. The molecule has 3 aliphatic rings. The molecule has 0 radical (unpaired) electrons. The summed E-state index contributed by atoms with van der Waals surface area (Å²) in [6, 6.07) is 5.67. The largest absolute Gasteiger partial charge is 0.331 e. The lowest BCUT2D eigenvalue weighted by Crippen LogP contribution is -2.48. The minimum Gasteiger partial charge on any atom is -0.331 e. The highest BCUT2D eigenvalue weighted by molar-refractivity contribution is 7.99. The van der Waals surface area contributed by atoms with E-state index in [1.54, 1.807) is 45.5 Å². The van der Waals surface area contributed by atoms with E-state index in [2.05, 4.69) is 0 Å². The first-order chi connectivity index (χ1) is 13.9. The Bertz CT molecular complexity index is 946. The molecule has 0 aromatic heterocycles. The first kappa shape index (κ1) is 20.5. The van der Waals surface area contributed by atoms with Crippen LogP contribution in [0.4, 0.5) is 0 Å². The van der Waals surface area contributed by atoms with Crippen LogP contribution in [-0.2, 0) is 19.6 Å². The second kappa shape index (κ2) is 8.19. The van der Waals surface area contributed by atoms with E-state index in [0.29, 0.717) is 24.1 Å². The summed E-state index contributed by atoms with van der Waals surface area (Å²) >= 11 is 3.25. The molecular weight excluding hydrogens is 434 g/mol. The average molecular weight is 456 g/mol. The van der Waals surface area contributed by atoms with Gasteiger partial charge in [0, 0.05) is 31.0 Å². The topological polar surface area (TPSA) is 95.1 Å². The third kappa shape index (κ3) is 3.75. The highest BCUT2D eigenvalue weighted by Crippen LogP contribution is 2.30. The Morgan fingerprint density at radius 1 is 1.14 bits per heavy atom. The molecule has 0 bridgehead atoms. The van der Waals surface area contributed by atoms with E-state index in [-0.39, 0.29) is 41.7 Å². The zero-order valence-electron chi connectivity index (χ0n) is 15.7. The lowest BCUT2D eigenvalue weighted by atomic mass is 10.2. The number of fused-ring (bicyclic) bond motifs is 1. The summed E-state index contributed by atoms with van der Waals surface area (Å²) in [6.07, 6.45) is 0.314. The van der Waals surface area contributed by atoms with Crippen LogP contribution in [0.25, 0.3) is 0 Å². The third-order valence-corrected chi connectivity index (χ3v) is 9.03. The molecular formula is C18H21N3O5S3. The molecule has 0 aliphatic carbocycles. The van der Waals surface area contributed by atoms with E-state index in [0.717, 1.165) is 10.1 Å². The number of carbonyl (C=O) groups excluding carboxylic acids is 3. The predicted octanol–water partition coefficient (Wildman–Crippen LogP) is 1.05. The predicted molar refractivity (Wildman–Crippen MR) is 111 cm³/mol. The lowest BCUT2D eigenvalue weighted by molar-refractivity contribution is -0.142. The minimum absolute atomic E-state index is 0.0129. The first-order valence-electron chi connectivity index (χ1n) is 9.31. The zero-order chi connectivity index (χ0) is 20.6. The van der Waals surface area contributed by atoms with E-state index < -0.39 is 22.0 Å². The van der Waals surface area contributed by atoms with E-state index in [4.69, 9.17) is 0 Å². The molecule has 0 saturated carbocycles. The fraction of sp³-hybridized carbons (Fsp3) is 0.500. The normalized spacial score (nSPS) is 23.0. The number of sulfonamides is 1. The summed E-state index contributed by atoms with van der Waals surface area (Å²) < 4.78 is 26.0. The van der Waals surface area contributed by atoms with Gasteiger partial charge in [-0.2, -0.15) is 0 Å². The summed E-state index contributed by atoms with van der Waals surface area (Å²) in [6.45, 7) is 0.659. The van der Waals surface area contributed by atoms with Gasteiger partial charge in [0.05, 0.1) is 17.3 Å². The maximum absolute atomic E-state index is 12.7. The van der Waals surface area contributed by atoms with E-state index in [1.807, 2.05) is 0 Å². The van der Waals surface area contributed by atoms with Gasteiger partial charge in [-0.15, -0.1) is 23.5 Å². The molecule has 3 heterocycles. The van der Waals surface area contributed by atoms with Crippen molar-refractivity contribution in [2.24, 2.45) is 0 Å². The van der Waals surface area contributed by atoms with Gasteiger partial charge in [0.15, 0.2) is 0 Å². The average Bonchev–Trinajstić information content (AvgIpc) is 3.44. The van der Waals surface area contributed by atoms with Gasteiger partial charge < -0.3 is 9.80 Å². The van der Waals surface area contributed by atoms with Gasteiger partial charge in [-0.05, 0) is 18.6 Å². The third-order valence-electron chi connectivity index (χ3n) is 5.22. The van der Waals surface area contributed by atoms with Crippen molar-refractivity contribution in [2.75, 3.05) is 36.3 Å². The number of hydrogen-bond acceptors (Lipinski definition) is 7. The number of carbonyl (C=O) groups is 3. The Hall–Kier alpha value is -1.72. The van der Waals surface area contributed by atoms with Crippen molar-refractivity contribution in [3.8, 4) is 0 Å². The molecule has 3 aliphatic heterocycles. The van der Waals surface area contributed by atoms with Crippen molar-refractivity contribution in [3.05, 3.63) is 29.8 Å². The number of thioether (sulfide) groups is 2. The SMILES string of the molecule is O=C(C1CSCN1C(=O)CCCN1C(=O)c2ccccc2S1(=O)=O)N1CCSC1. The van der Waals surface area contributed by atoms with Crippen LogP contribution in [-0.4, -0.2) is 82.6 Å². The number of nitrogens with zero attached hydrogens (tertiary/aromatic N) is 3. The Balaban J connectivity index is 1.35. The van der Waals surface area contributed by atoms with Crippen LogP contribution in [0.5, 0.6) is 0 Å². The monoisotopic (exact) mass is 455 g/mol. The van der Waals surface area contributed by atoms with Crippen LogP contribution < -0.4 is 0 Å². The summed E-state index contributed by atoms with van der Waals surface area (Å²) in [7, 11) is -3.86. The molecule has 0 N–H and O–H groups in total. The first-order valence-corrected chi connectivity index (χ1v) is 13.1. The van der Waals surface area contributed by atoms with Gasteiger partial charge >= 0.3 is 0 Å². The Morgan fingerprint density at radius 2 is 1.93 bits per heavy atom. The van der Waals surface area contributed by atoms with Crippen LogP contribution in [0.1, 0.15) is 23.2 Å². The number of hydrogen-bond donors (Lipinski definition) is 0. The van der Waals surface area contributed by atoms with Crippen molar-refractivity contribution in [2.45, 2.75) is 23.8 Å². The summed E-state index contributed by atoms with van der Waals surface area (Å²) in [4.78, 5) is 41.2. The molecule has 3 amide bonds. The van der Waals surface area contributed by atoms with Gasteiger partial charge in [0.2, 0.25) is 11.8 Å². The molecule has 1 unspecified atom stereocenters. The van der Waals surface area contributed by atoms with Crippen molar-refractivity contribution < 1.29 is 22.8 Å². The maximum Gasteiger partial charge on any atom is 0.269 e. The van der Waals surface area contributed by atoms with Gasteiger partial charge in [0.1, 0.15) is 10.9 Å². The zero-order valence-corrected chi connectivity index (χ0v) is 18.1. The molecule has 156 valence electrons. The molecule has 11 heteroatoms. The smallest absolute Gasteiger partial charge is 0.269 e. The second-order valence-corrected chi connectivity index (χ2v) is 10.9. The van der Waals surface area contributed by atoms with Crippen LogP contribution in [0.3, 0.4) is 0 Å². The molecule has 0 spiro atoms. The van der Waals surface area contributed by atoms with Crippen molar-refractivity contribution in [1.82, 2.24) is 14.1 Å². The van der Waals surface area contributed by atoms with Gasteiger partial charge in [-0.1, -0.05) is 12.1 Å². The highest BCUT2D eigenvalue weighted by atomic mass is 32.2. The Labute approximate surface area is 178 Å². The highest BCUT2D eigenvalue weighted by Gasteiger charge is 2.41. The van der Waals surface area contributed by atoms with Crippen molar-refractivity contribution in [3.63, 3.8) is 0 Å². The Kier molecular flexibility index (Phi) is 5.80. The standard InChI is InChI=1S/C18H21N3O5S3/c22-16(20-12-28-10-14(20)18(24)19-8-9-27-11-19)6-3-7-21-17(23)13-4-1-2-5-15(13)29(21,25)26/h1-2,4-5,14H,3,6-12H2. The number of benzene rings is 1. The minimum atomic E-state index is -3.86. The van der Waals surface area contributed by atoms with Gasteiger partial charge in [-0.3, -0.25) is 14.4 Å². The van der Waals surface area contributed by atoms with Crippen molar-refractivity contribution >= 4 is 51.3 Å². The van der Waals surface area contributed by atoms with Crippen LogP contribution in [0.2, 0.25) is 0 Å². The number of rotatable bonds is 5. The van der Waals surface area contributed by atoms with E-state index >= 15 is 0 Å². The maximum atomic E-state index is 12.7. The molecule has 2 saturated heterocycles. The molecule has 4 rings (SSSR count). The van der Waals surface area contributed by atoms with Gasteiger partial charge in [0.25, 0.3) is 15.9 Å².